The fourth-order valence-corrected chi connectivity index (χ4v) is 2.03. The smallest absolute Gasteiger partial charge is 0.346 e. The molecule has 0 saturated carbocycles. The molecule has 0 bridgehead atoms. The predicted molar refractivity (Wildman–Crippen MR) is 67.0 cm³/mol. The first-order valence-electron chi connectivity index (χ1n) is 5.94. The third-order valence-corrected chi connectivity index (χ3v) is 2.85. The summed E-state index contributed by atoms with van der Waals surface area (Å²) in [5.41, 5.74) is 6.83. The Bertz CT molecular complexity index is 562. The summed E-state index contributed by atoms with van der Waals surface area (Å²) < 4.78 is 39.4. The van der Waals surface area contributed by atoms with Crippen molar-refractivity contribution < 1.29 is 13.2 Å². The Morgan fingerprint density at radius 1 is 1.37 bits per heavy atom. The number of alkyl halides is 3. The van der Waals surface area contributed by atoms with E-state index < -0.39 is 12.7 Å². The Balaban J connectivity index is 2.47. The lowest BCUT2D eigenvalue weighted by molar-refractivity contribution is -0.119. The molecule has 0 atom stereocenters. The second-order valence-corrected chi connectivity index (χ2v) is 4.14. The zero-order valence-corrected chi connectivity index (χ0v) is 10.5. The van der Waals surface area contributed by atoms with Gasteiger partial charge in [0.15, 0.2) is 5.82 Å². The highest BCUT2D eigenvalue weighted by atomic mass is 19.4. The van der Waals surface area contributed by atoms with Gasteiger partial charge in [-0.3, -0.25) is 0 Å². The molecule has 0 unspecified atom stereocenters. The molecular weight excluding hydrogens is 257 g/mol. The van der Waals surface area contributed by atoms with Crippen molar-refractivity contribution in [3.8, 4) is 0 Å². The van der Waals surface area contributed by atoms with Crippen molar-refractivity contribution in [2.24, 2.45) is 5.73 Å². The molecule has 2 N–H and O–H groups in total. The van der Waals surface area contributed by atoms with E-state index in [1.54, 1.807) is 35.7 Å². The Kier molecular flexibility index (Phi) is 3.66. The summed E-state index contributed by atoms with van der Waals surface area (Å²) in [6, 6.07) is 5.31. The summed E-state index contributed by atoms with van der Waals surface area (Å²) in [6.07, 6.45) is -2.52. The molecule has 104 valence electrons. The van der Waals surface area contributed by atoms with Crippen molar-refractivity contribution in [2.75, 3.05) is 18.0 Å². The van der Waals surface area contributed by atoms with Crippen LogP contribution >= 0.6 is 0 Å². The Hall–Kier alpha value is -1.76. The maximum absolute atomic E-state index is 12.6. The number of fused-ring (bicyclic) bond motifs is 1. The highest BCUT2D eigenvalue weighted by Crippen LogP contribution is 2.25. The van der Waals surface area contributed by atoms with Gasteiger partial charge >= 0.3 is 6.18 Å². The third kappa shape index (κ3) is 2.81. The fraction of sp³-hybridized carbons (Fsp3) is 0.417. The van der Waals surface area contributed by atoms with Gasteiger partial charge in [0.2, 0.25) is 0 Å². The minimum absolute atomic E-state index is 0.134. The van der Waals surface area contributed by atoms with E-state index in [0.717, 1.165) is 0 Å². The first-order chi connectivity index (χ1) is 8.96. The van der Waals surface area contributed by atoms with Gasteiger partial charge in [0.25, 0.3) is 0 Å². The normalized spacial score (nSPS) is 12.1. The van der Waals surface area contributed by atoms with Crippen LogP contribution in [-0.2, 0) is 6.54 Å². The molecule has 7 heteroatoms. The van der Waals surface area contributed by atoms with E-state index in [1.165, 1.54) is 4.90 Å². The minimum atomic E-state index is -4.27. The van der Waals surface area contributed by atoms with Gasteiger partial charge in [-0.25, -0.2) is 4.98 Å². The number of aromatic nitrogens is 2. The van der Waals surface area contributed by atoms with Gasteiger partial charge in [0.05, 0.1) is 5.69 Å². The molecule has 0 radical (unpaired) electrons. The summed E-state index contributed by atoms with van der Waals surface area (Å²) in [5, 5.41) is 0. The molecule has 0 aliphatic carbocycles. The van der Waals surface area contributed by atoms with E-state index in [9.17, 15) is 13.2 Å². The largest absolute Gasteiger partial charge is 0.405 e. The van der Waals surface area contributed by atoms with Gasteiger partial charge in [-0.2, -0.15) is 13.2 Å². The topological polar surface area (TPSA) is 46.6 Å². The first-order valence-corrected chi connectivity index (χ1v) is 5.94. The molecule has 0 fully saturated rings. The molecule has 0 aliphatic heterocycles. The molecule has 0 spiro atoms. The van der Waals surface area contributed by atoms with Crippen LogP contribution in [-0.4, -0.2) is 28.7 Å². The van der Waals surface area contributed by atoms with Crippen LogP contribution in [0.4, 0.5) is 19.0 Å². The van der Waals surface area contributed by atoms with E-state index in [4.69, 9.17) is 5.73 Å². The third-order valence-electron chi connectivity index (χ3n) is 2.85. The van der Waals surface area contributed by atoms with E-state index >= 15 is 0 Å². The molecule has 2 aromatic rings. The van der Waals surface area contributed by atoms with Crippen molar-refractivity contribution in [3.05, 3.63) is 30.1 Å². The molecule has 0 aromatic carbocycles. The summed E-state index contributed by atoms with van der Waals surface area (Å²) in [6.45, 7) is 0.988. The summed E-state index contributed by atoms with van der Waals surface area (Å²) in [5.74, 6) is 0.300. The Morgan fingerprint density at radius 3 is 2.68 bits per heavy atom. The van der Waals surface area contributed by atoms with Crippen molar-refractivity contribution >= 4 is 11.5 Å². The zero-order valence-electron chi connectivity index (χ0n) is 10.5. The molecular formula is C12H15F3N4. The zero-order chi connectivity index (χ0) is 14.0. The van der Waals surface area contributed by atoms with Crippen molar-refractivity contribution in [2.45, 2.75) is 19.6 Å². The number of halogens is 3. The molecule has 0 saturated heterocycles. The van der Waals surface area contributed by atoms with Crippen molar-refractivity contribution in [3.63, 3.8) is 0 Å². The molecule has 0 aliphatic rings. The van der Waals surface area contributed by atoms with Crippen molar-refractivity contribution in [1.29, 1.82) is 0 Å². The van der Waals surface area contributed by atoms with Gasteiger partial charge < -0.3 is 15.0 Å². The van der Waals surface area contributed by atoms with Crippen LogP contribution in [0.2, 0.25) is 0 Å². The number of nitrogens with zero attached hydrogens (tertiary/aromatic N) is 3. The first kappa shape index (κ1) is 13.7. The molecule has 0 amide bonds. The van der Waals surface area contributed by atoms with Gasteiger partial charge in [0, 0.05) is 19.3 Å². The van der Waals surface area contributed by atoms with Crippen LogP contribution < -0.4 is 10.6 Å². The van der Waals surface area contributed by atoms with Crippen LogP contribution in [0.15, 0.2) is 24.4 Å². The Morgan fingerprint density at radius 2 is 2.11 bits per heavy atom. The lowest BCUT2D eigenvalue weighted by Crippen LogP contribution is -2.35. The molecule has 2 heterocycles. The lowest BCUT2D eigenvalue weighted by Gasteiger charge is -2.23. The second kappa shape index (κ2) is 5.08. The molecule has 4 nitrogen and oxygen atoms in total. The van der Waals surface area contributed by atoms with Gasteiger partial charge in [0.1, 0.15) is 12.2 Å². The van der Waals surface area contributed by atoms with Crippen molar-refractivity contribution in [1.82, 2.24) is 9.38 Å². The number of imidazole rings is 1. The maximum Gasteiger partial charge on any atom is 0.405 e. The summed E-state index contributed by atoms with van der Waals surface area (Å²) in [7, 11) is 0. The van der Waals surface area contributed by atoms with E-state index in [-0.39, 0.29) is 13.1 Å². The van der Waals surface area contributed by atoms with Crippen LogP contribution in [0, 0.1) is 0 Å². The highest BCUT2D eigenvalue weighted by molar-refractivity contribution is 5.56. The van der Waals surface area contributed by atoms with E-state index in [1.807, 2.05) is 0 Å². The second-order valence-electron chi connectivity index (χ2n) is 4.14. The Labute approximate surface area is 108 Å². The van der Waals surface area contributed by atoms with Gasteiger partial charge in [-0.15, -0.1) is 0 Å². The quantitative estimate of drug-likeness (QED) is 0.928. The van der Waals surface area contributed by atoms with Crippen LogP contribution in [0.5, 0.6) is 0 Å². The fourth-order valence-electron chi connectivity index (χ4n) is 2.03. The number of rotatable bonds is 4. The predicted octanol–water partition coefficient (Wildman–Crippen LogP) is 2.18. The van der Waals surface area contributed by atoms with Crippen LogP contribution in [0.3, 0.4) is 0 Å². The molecule has 19 heavy (non-hydrogen) atoms. The molecule has 2 rings (SSSR count). The van der Waals surface area contributed by atoms with Gasteiger partial charge in [-0.05, 0) is 19.1 Å². The average molecular weight is 272 g/mol. The summed E-state index contributed by atoms with van der Waals surface area (Å²) >= 11 is 0. The number of pyridine rings is 1. The van der Waals surface area contributed by atoms with Crippen LogP contribution in [0.25, 0.3) is 5.65 Å². The van der Waals surface area contributed by atoms with E-state index in [2.05, 4.69) is 4.98 Å². The average Bonchev–Trinajstić information content (AvgIpc) is 2.73. The maximum atomic E-state index is 12.6. The number of hydrogen-bond donors (Lipinski definition) is 1. The number of nitrogens with two attached hydrogens (primary N) is 1. The lowest BCUT2D eigenvalue weighted by atomic mass is 10.3. The van der Waals surface area contributed by atoms with E-state index in [0.29, 0.717) is 17.2 Å². The standard InChI is InChI=1S/C12H15F3N4/c1-2-18(8-12(13,14)15)11-9(7-16)19-6-4-3-5-10(19)17-11/h3-6H,2,7-8,16H2,1H3. The highest BCUT2D eigenvalue weighted by Gasteiger charge is 2.32. The number of anilines is 1. The molecule has 2 aromatic heterocycles. The summed E-state index contributed by atoms with van der Waals surface area (Å²) in [4.78, 5) is 5.44. The minimum Gasteiger partial charge on any atom is -0.346 e. The number of hydrogen-bond acceptors (Lipinski definition) is 3. The van der Waals surface area contributed by atoms with Gasteiger partial charge in [-0.1, -0.05) is 6.07 Å². The monoisotopic (exact) mass is 272 g/mol. The SMILES string of the molecule is CCN(CC(F)(F)F)c1nc2ccccn2c1CN. The van der Waals surface area contributed by atoms with Crippen LogP contribution in [0.1, 0.15) is 12.6 Å².